The van der Waals surface area contributed by atoms with E-state index in [0.29, 0.717) is 23.6 Å². The van der Waals surface area contributed by atoms with E-state index in [9.17, 15) is 9.59 Å². The Morgan fingerprint density at radius 3 is 2.55 bits per heavy atom. The van der Waals surface area contributed by atoms with Crippen molar-refractivity contribution in [1.29, 1.82) is 0 Å². The number of pyridine rings is 1. The first kappa shape index (κ1) is 21.0. The van der Waals surface area contributed by atoms with Gasteiger partial charge < -0.3 is 10.6 Å². The fourth-order valence-electron chi connectivity index (χ4n) is 3.79. The zero-order valence-electron chi connectivity index (χ0n) is 18.7. The van der Waals surface area contributed by atoms with E-state index in [4.69, 9.17) is 10.1 Å². The third kappa shape index (κ3) is 4.17. The van der Waals surface area contributed by atoms with Crippen LogP contribution in [0.1, 0.15) is 77.2 Å². The molecule has 1 aromatic carbocycles. The highest BCUT2D eigenvalue weighted by molar-refractivity contribution is 6.06. The van der Waals surface area contributed by atoms with Crippen molar-refractivity contribution in [2.75, 3.05) is 7.05 Å². The number of nitrogens with zero attached hydrogens (tertiary/aromatic N) is 3. The van der Waals surface area contributed by atoms with E-state index >= 15 is 0 Å². The van der Waals surface area contributed by atoms with Crippen LogP contribution in [0.15, 0.2) is 30.3 Å². The van der Waals surface area contributed by atoms with Gasteiger partial charge in [-0.25, -0.2) is 9.67 Å². The zero-order valence-corrected chi connectivity index (χ0v) is 18.7. The van der Waals surface area contributed by atoms with E-state index in [-0.39, 0.29) is 17.4 Å². The van der Waals surface area contributed by atoms with Gasteiger partial charge in [0.05, 0.1) is 22.2 Å². The topological polar surface area (TPSA) is 88.9 Å². The van der Waals surface area contributed by atoms with Crippen LogP contribution in [0.25, 0.3) is 11.0 Å². The molecule has 7 heteroatoms. The van der Waals surface area contributed by atoms with Crippen LogP contribution in [0.3, 0.4) is 0 Å². The maximum Gasteiger partial charge on any atom is 0.252 e. The van der Waals surface area contributed by atoms with Crippen molar-refractivity contribution in [3.63, 3.8) is 0 Å². The summed E-state index contributed by atoms with van der Waals surface area (Å²) in [7, 11) is 1.60. The maximum absolute atomic E-state index is 13.3. The summed E-state index contributed by atoms with van der Waals surface area (Å²) in [5, 5.41) is 11.2. The Balaban J connectivity index is 1.68. The van der Waals surface area contributed by atoms with E-state index < -0.39 is 0 Å². The summed E-state index contributed by atoms with van der Waals surface area (Å²) < 4.78 is 1.92. The molecular formula is C24H29N5O2. The van der Waals surface area contributed by atoms with Crippen LogP contribution in [-0.2, 0) is 12.1 Å². The molecule has 0 aliphatic heterocycles. The number of rotatable bonds is 5. The minimum atomic E-state index is -0.240. The lowest BCUT2D eigenvalue weighted by molar-refractivity contribution is 0.0949. The Kier molecular flexibility index (Phi) is 5.29. The number of aryl methyl sites for hydroxylation is 1. The number of hydrogen-bond donors (Lipinski definition) is 2. The summed E-state index contributed by atoms with van der Waals surface area (Å²) in [6.07, 6.45) is 2.21. The minimum Gasteiger partial charge on any atom is -0.355 e. The number of carbonyl (C=O) groups excluding carboxylic acids is 2. The van der Waals surface area contributed by atoms with Crippen LogP contribution in [0, 0.1) is 6.92 Å². The van der Waals surface area contributed by atoms with Crippen molar-refractivity contribution in [2.24, 2.45) is 0 Å². The molecule has 162 valence electrons. The minimum absolute atomic E-state index is 0.150. The third-order valence-electron chi connectivity index (χ3n) is 5.58. The normalized spacial score (nSPS) is 14.0. The van der Waals surface area contributed by atoms with Gasteiger partial charge in [-0.15, -0.1) is 0 Å². The van der Waals surface area contributed by atoms with Crippen LogP contribution < -0.4 is 10.6 Å². The largest absolute Gasteiger partial charge is 0.355 e. The van der Waals surface area contributed by atoms with Crippen molar-refractivity contribution >= 4 is 22.8 Å². The number of amides is 2. The van der Waals surface area contributed by atoms with Gasteiger partial charge >= 0.3 is 0 Å². The predicted octanol–water partition coefficient (Wildman–Crippen LogP) is 3.66. The molecule has 2 aromatic heterocycles. The van der Waals surface area contributed by atoms with Gasteiger partial charge in [0.25, 0.3) is 11.8 Å². The van der Waals surface area contributed by atoms with Crippen LogP contribution in [-0.4, -0.2) is 33.6 Å². The third-order valence-corrected chi connectivity index (χ3v) is 5.58. The quantitative estimate of drug-likeness (QED) is 0.660. The second-order valence-corrected chi connectivity index (χ2v) is 9.20. The molecule has 3 aromatic rings. The number of carbonyl (C=O) groups is 2. The smallest absolute Gasteiger partial charge is 0.252 e. The second kappa shape index (κ2) is 7.80. The molecule has 0 radical (unpaired) electrons. The first-order valence-electron chi connectivity index (χ1n) is 10.7. The molecule has 0 saturated heterocycles. The van der Waals surface area contributed by atoms with Gasteiger partial charge in [0, 0.05) is 30.8 Å². The van der Waals surface area contributed by atoms with Crippen LogP contribution in [0.4, 0.5) is 0 Å². The summed E-state index contributed by atoms with van der Waals surface area (Å²) in [6.45, 7) is 8.52. The van der Waals surface area contributed by atoms with Gasteiger partial charge in [-0.3, -0.25) is 9.59 Å². The Hall–Kier alpha value is -3.22. The molecule has 0 unspecified atom stereocenters. The molecule has 31 heavy (non-hydrogen) atoms. The van der Waals surface area contributed by atoms with E-state index in [0.717, 1.165) is 40.8 Å². The first-order chi connectivity index (χ1) is 14.7. The molecule has 2 heterocycles. The fourth-order valence-corrected chi connectivity index (χ4v) is 3.79. The van der Waals surface area contributed by atoms with Gasteiger partial charge in [-0.1, -0.05) is 12.1 Å². The van der Waals surface area contributed by atoms with Gasteiger partial charge in [0.15, 0.2) is 5.65 Å². The Morgan fingerprint density at radius 1 is 1.16 bits per heavy atom. The van der Waals surface area contributed by atoms with Crippen molar-refractivity contribution in [1.82, 2.24) is 25.4 Å². The van der Waals surface area contributed by atoms with E-state index in [1.807, 2.05) is 29.8 Å². The summed E-state index contributed by atoms with van der Waals surface area (Å²) in [6, 6.07) is 9.19. The summed E-state index contributed by atoms with van der Waals surface area (Å²) in [4.78, 5) is 30.0. The van der Waals surface area contributed by atoms with Crippen molar-refractivity contribution in [2.45, 2.75) is 58.5 Å². The maximum atomic E-state index is 13.3. The summed E-state index contributed by atoms with van der Waals surface area (Å²) >= 11 is 0. The zero-order chi connectivity index (χ0) is 22.3. The molecule has 0 bridgehead atoms. The van der Waals surface area contributed by atoms with Gasteiger partial charge in [0.1, 0.15) is 0 Å². The lowest BCUT2D eigenvalue weighted by Crippen LogP contribution is -2.25. The molecule has 1 saturated carbocycles. The van der Waals surface area contributed by atoms with E-state index in [2.05, 4.69) is 31.4 Å². The van der Waals surface area contributed by atoms with Crippen LogP contribution in [0.5, 0.6) is 0 Å². The Labute approximate surface area is 182 Å². The molecular weight excluding hydrogens is 390 g/mol. The molecule has 0 spiro atoms. The standard InChI is InChI=1S/C24H29N5O2/c1-14-20-18(23(31)26-13-15-7-6-8-17(11-15)22(30)25-5)12-19(16-9-10-16)27-21(20)29(28-14)24(2,3)4/h6-8,11-12,16H,9-10,13H2,1-5H3,(H,25,30)(H,26,31). The molecule has 4 rings (SSSR count). The van der Waals surface area contributed by atoms with Crippen LogP contribution in [0.2, 0.25) is 0 Å². The Bertz CT molecular complexity index is 1170. The van der Waals surface area contributed by atoms with Gasteiger partial charge in [-0.05, 0) is 64.3 Å². The molecule has 1 aliphatic carbocycles. The molecule has 2 amide bonds. The number of hydrogen-bond acceptors (Lipinski definition) is 4. The number of nitrogens with one attached hydrogen (secondary N) is 2. The SMILES string of the molecule is CNC(=O)c1cccc(CNC(=O)c2cc(C3CC3)nc3c2c(C)nn3C(C)(C)C)c1. The van der Waals surface area contributed by atoms with E-state index in [1.165, 1.54) is 0 Å². The second-order valence-electron chi connectivity index (χ2n) is 9.20. The van der Waals surface area contributed by atoms with Crippen molar-refractivity contribution in [3.05, 3.63) is 58.4 Å². The highest BCUT2D eigenvalue weighted by atomic mass is 16.2. The monoisotopic (exact) mass is 419 g/mol. The number of benzene rings is 1. The average Bonchev–Trinajstić information content (AvgIpc) is 3.53. The molecule has 0 atom stereocenters. The highest BCUT2D eigenvalue weighted by Gasteiger charge is 2.30. The number of aromatic nitrogens is 3. The van der Waals surface area contributed by atoms with Crippen LogP contribution >= 0.6 is 0 Å². The average molecular weight is 420 g/mol. The number of fused-ring (bicyclic) bond motifs is 1. The highest BCUT2D eigenvalue weighted by Crippen LogP contribution is 2.41. The lowest BCUT2D eigenvalue weighted by Gasteiger charge is -2.20. The molecule has 1 fully saturated rings. The van der Waals surface area contributed by atoms with E-state index in [1.54, 1.807) is 19.2 Å². The molecule has 2 N–H and O–H groups in total. The lowest BCUT2D eigenvalue weighted by atomic mass is 10.1. The predicted molar refractivity (Wildman–Crippen MR) is 120 cm³/mol. The van der Waals surface area contributed by atoms with Crippen molar-refractivity contribution in [3.8, 4) is 0 Å². The summed E-state index contributed by atoms with van der Waals surface area (Å²) in [5.74, 6) is 0.114. The van der Waals surface area contributed by atoms with Gasteiger partial charge in [0.2, 0.25) is 0 Å². The van der Waals surface area contributed by atoms with Crippen molar-refractivity contribution < 1.29 is 9.59 Å². The first-order valence-corrected chi connectivity index (χ1v) is 10.7. The molecule has 1 aliphatic rings. The summed E-state index contributed by atoms with van der Waals surface area (Å²) in [5.41, 5.74) is 4.33. The fraction of sp³-hybridized carbons (Fsp3) is 0.417. The van der Waals surface area contributed by atoms with Gasteiger partial charge in [-0.2, -0.15) is 5.10 Å². The Morgan fingerprint density at radius 2 is 1.90 bits per heavy atom. The molecule has 7 nitrogen and oxygen atoms in total.